The average Bonchev–Trinajstić information content (AvgIpc) is 1.81. The molecule has 0 unspecified atom stereocenters. The van der Waals surface area contributed by atoms with Crippen LogP contribution in [0.4, 0.5) is 0 Å². The molecular weight excluding hydrogens is 205 g/mol. The van der Waals surface area contributed by atoms with E-state index in [1.54, 1.807) is 6.92 Å². The molecule has 0 heterocycles. The fourth-order valence-corrected chi connectivity index (χ4v) is 2.37. The zero-order chi connectivity index (χ0) is 10.6. The third-order valence-corrected chi connectivity index (χ3v) is 2.54. The van der Waals surface area contributed by atoms with Crippen LogP contribution in [0.15, 0.2) is 0 Å². The normalized spacial score (nSPS) is 14.3. The summed E-state index contributed by atoms with van der Waals surface area (Å²) in [7, 11) is 0. The zero-order valence-corrected chi connectivity index (χ0v) is 10.5. The van der Waals surface area contributed by atoms with E-state index in [1.807, 2.05) is 27.2 Å². The summed E-state index contributed by atoms with van der Waals surface area (Å²) in [4.78, 5) is 11.3. The second kappa shape index (κ2) is 5.08. The van der Waals surface area contributed by atoms with Gasteiger partial charge in [-0.25, -0.2) is 0 Å². The summed E-state index contributed by atoms with van der Waals surface area (Å²) in [6.07, 6.45) is -1.60. The Morgan fingerprint density at radius 2 is 1.85 bits per heavy atom. The first-order valence-electron chi connectivity index (χ1n) is 4.25. The van der Waals surface area contributed by atoms with Crippen molar-refractivity contribution in [2.75, 3.05) is 13.3 Å². The topological polar surface area (TPSA) is 38.3 Å². The number of esters is 1. The third kappa shape index (κ3) is 7.17. The van der Waals surface area contributed by atoms with Crippen molar-refractivity contribution in [2.24, 2.45) is 0 Å². The van der Waals surface area contributed by atoms with Gasteiger partial charge < -0.3 is 4.74 Å². The molecule has 0 saturated heterocycles. The Hall–Kier alpha value is 0.0800. The molecule has 5 heteroatoms. The average molecular weight is 223 g/mol. The molecule has 0 aromatic carbocycles. The molecule has 0 aliphatic heterocycles. The van der Waals surface area contributed by atoms with Gasteiger partial charge in [-0.05, 0) is 34.1 Å². The van der Waals surface area contributed by atoms with Crippen molar-refractivity contribution >= 4 is 24.0 Å². The van der Waals surface area contributed by atoms with Gasteiger partial charge in [0.25, 0.3) is 0 Å². The summed E-state index contributed by atoms with van der Waals surface area (Å²) in [5.41, 5.74) is 0. The Balaban J connectivity index is 4.05. The molecule has 1 N–H and O–H groups in total. The van der Waals surface area contributed by atoms with Crippen molar-refractivity contribution in [2.45, 2.75) is 32.9 Å². The Labute approximate surface area is 85.3 Å². The van der Waals surface area contributed by atoms with Gasteiger partial charge in [-0.2, -0.15) is 0 Å². The van der Waals surface area contributed by atoms with Crippen molar-refractivity contribution in [3.05, 3.63) is 0 Å². The molecule has 3 nitrogen and oxygen atoms in total. The molecule has 0 fully saturated rings. The lowest BCUT2D eigenvalue weighted by Crippen LogP contribution is -2.34. The molecule has 0 bridgehead atoms. The van der Waals surface area contributed by atoms with Crippen LogP contribution in [0.2, 0.25) is 0 Å². The second-order valence-electron chi connectivity index (χ2n) is 3.69. The molecule has 0 aromatic rings. The van der Waals surface area contributed by atoms with E-state index >= 15 is 0 Å². The van der Waals surface area contributed by atoms with Gasteiger partial charge in [0.05, 0.1) is 6.10 Å². The highest BCUT2D eigenvalue weighted by Crippen LogP contribution is 2.31. The Kier molecular flexibility index (Phi) is 5.11. The summed E-state index contributed by atoms with van der Waals surface area (Å²) in [6, 6.07) is -0.303. The highest BCUT2D eigenvalue weighted by molar-refractivity contribution is 8.13. The number of hydrogen-bond donors (Lipinski definition) is 1. The maximum atomic E-state index is 11.3. The summed E-state index contributed by atoms with van der Waals surface area (Å²) in [6.45, 7) is 9.33. The first kappa shape index (κ1) is 13.1. The van der Waals surface area contributed by atoms with E-state index in [-0.39, 0.29) is 18.1 Å². The van der Waals surface area contributed by atoms with Gasteiger partial charge in [0, 0.05) is 6.19 Å². The minimum atomic E-state index is -1.54. The predicted octanol–water partition coefficient (Wildman–Crippen LogP) is 1.57. The van der Waals surface area contributed by atoms with Crippen LogP contribution in [0, 0.1) is 0 Å². The number of rotatable bonds is 4. The molecule has 0 rings (SSSR count). The molecule has 1 atom stereocenters. The molecular formula is C8H18NO2PS. The van der Waals surface area contributed by atoms with Crippen LogP contribution in [0.3, 0.4) is 0 Å². The third-order valence-electron chi connectivity index (χ3n) is 1.21. The van der Waals surface area contributed by atoms with Crippen LogP contribution in [0.1, 0.15) is 20.8 Å². The Morgan fingerprint density at radius 3 is 2.15 bits per heavy atom. The number of nitrogens with one attached hydrogen (secondary N) is 1. The molecule has 0 aliphatic carbocycles. The van der Waals surface area contributed by atoms with E-state index in [9.17, 15) is 4.79 Å². The Bertz CT molecular complexity index is 224. The monoisotopic (exact) mass is 223 g/mol. The number of ether oxygens (including phenoxy) is 1. The lowest BCUT2D eigenvalue weighted by molar-refractivity contribution is -0.148. The molecule has 0 amide bonds. The first-order valence-corrected chi connectivity index (χ1v) is 7.95. The molecule has 0 aliphatic rings. The van der Waals surface area contributed by atoms with Gasteiger partial charge in [0.1, 0.15) is 6.04 Å². The largest absolute Gasteiger partial charge is 0.462 e. The van der Waals surface area contributed by atoms with E-state index in [1.165, 1.54) is 0 Å². The van der Waals surface area contributed by atoms with E-state index in [0.29, 0.717) is 0 Å². The molecule has 0 radical (unpaired) electrons. The smallest absolute Gasteiger partial charge is 0.323 e. The van der Waals surface area contributed by atoms with Crippen molar-refractivity contribution < 1.29 is 9.53 Å². The fraction of sp³-hybridized carbons (Fsp3) is 0.875. The number of carbonyl (C=O) groups excluding carboxylic acids is 1. The van der Waals surface area contributed by atoms with Gasteiger partial charge in [0.2, 0.25) is 0 Å². The molecule has 0 spiro atoms. The van der Waals surface area contributed by atoms with Crippen LogP contribution < -0.4 is 5.09 Å². The zero-order valence-electron chi connectivity index (χ0n) is 8.83. The van der Waals surface area contributed by atoms with Crippen LogP contribution in [-0.2, 0) is 21.3 Å². The maximum absolute atomic E-state index is 11.3. The lowest BCUT2D eigenvalue weighted by Gasteiger charge is -2.19. The minimum Gasteiger partial charge on any atom is -0.462 e. The van der Waals surface area contributed by atoms with E-state index < -0.39 is 6.19 Å². The van der Waals surface area contributed by atoms with Gasteiger partial charge in [-0.15, -0.1) is 0 Å². The summed E-state index contributed by atoms with van der Waals surface area (Å²) in [5, 5.41) is 3.08. The van der Waals surface area contributed by atoms with Crippen LogP contribution in [0.25, 0.3) is 0 Å². The molecule has 78 valence electrons. The standard InChI is InChI=1S/C8H18NO2PS/c1-6(2)11-8(10)7(3)9-12(4,5)13/h6-7H,1-5H3,(H,9,13)/t7-/m1/s1. The van der Waals surface area contributed by atoms with E-state index in [2.05, 4.69) is 5.09 Å². The number of hydrogen-bond acceptors (Lipinski definition) is 3. The maximum Gasteiger partial charge on any atom is 0.323 e. The van der Waals surface area contributed by atoms with Crippen molar-refractivity contribution in [3.63, 3.8) is 0 Å². The second-order valence-corrected chi connectivity index (χ2v) is 9.39. The van der Waals surface area contributed by atoms with Crippen LogP contribution in [-0.4, -0.2) is 31.4 Å². The van der Waals surface area contributed by atoms with Crippen molar-refractivity contribution in [3.8, 4) is 0 Å². The molecule has 13 heavy (non-hydrogen) atoms. The highest BCUT2D eigenvalue weighted by Gasteiger charge is 2.18. The summed E-state index contributed by atoms with van der Waals surface area (Å²) in [5.74, 6) is -0.229. The fourth-order valence-electron chi connectivity index (χ4n) is 0.853. The van der Waals surface area contributed by atoms with Crippen LogP contribution in [0.5, 0.6) is 0 Å². The van der Waals surface area contributed by atoms with Gasteiger partial charge in [-0.1, -0.05) is 11.8 Å². The summed E-state index contributed by atoms with van der Waals surface area (Å²) >= 11 is 5.19. The minimum absolute atomic E-state index is 0.0664. The SMILES string of the molecule is CC(C)OC(=O)[C@@H](C)NP(C)(C)=S. The highest BCUT2D eigenvalue weighted by atomic mass is 32.4. The van der Waals surface area contributed by atoms with Gasteiger partial charge in [-0.3, -0.25) is 9.88 Å². The molecule has 0 aromatic heterocycles. The van der Waals surface area contributed by atoms with Crippen molar-refractivity contribution in [1.82, 2.24) is 5.09 Å². The van der Waals surface area contributed by atoms with Gasteiger partial charge in [0.15, 0.2) is 0 Å². The van der Waals surface area contributed by atoms with Crippen LogP contribution >= 0.6 is 6.19 Å². The Morgan fingerprint density at radius 1 is 1.38 bits per heavy atom. The first-order chi connectivity index (χ1) is 5.72. The predicted molar refractivity (Wildman–Crippen MR) is 60.0 cm³/mol. The van der Waals surface area contributed by atoms with E-state index in [4.69, 9.17) is 16.5 Å². The summed E-state index contributed by atoms with van der Waals surface area (Å²) < 4.78 is 5.03. The van der Waals surface area contributed by atoms with E-state index in [0.717, 1.165) is 0 Å². The quantitative estimate of drug-likeness (QED) is 0.580. The molecule has 0 saturated carbocycles. The number of carbonyl (C=O) groups is 1. The lowest BCUT2D eigenvalue weighted by atomic mass is 10.4. The van der Waals surface area contributed by atoms with Crippen molar-refractivity contribution in [1.29, 1.82) is 0 Å². The van der Waals surface area contributed by atoms with Gasteiger partial charge >= 0.3 is 5.97 Å².